The molecule has 0 aliphatic rings. The standard InChI is InChI=1S/C26H21ClN2O3S2/c27-20-11-13-21(14-12-20)28-26(30)25(19-7-3-1-4-8-19)33-23-17-15-22(16-18-23)29-34(31,32)24-9-5-2-6-10-24/h1-18,25,29H,(H,28,30). The number of carbonyl (C=O) groups excluding carboxylic acids is 1. The summed E-state index contributed by atoms with van der Waals surface area (Å²) < 4.78 is 27.7. The molecule has 0 aromatic heterocycles. The molecule has 4 rings (SSSR count). The molecule has 8 heteroatoms. The van der Waals surface area contributed by atoms with Crippen molar-refractivity contribution in [1.29, 1.82) is 0 Å². The maximum absolute atomic E-state index is 13.2. The summed E-state index contributed by atoms with van der Waals surface area (Å²) in [6, 6.07) is 31.6. The van der Waals surface area contributed by atoms with Gasteiger partial charge in [0.1, 0.15) is 5.25 Å². The Kier molecular flexibility index (Phi) is 7.57. The van der Waals surface area contributed by atoms with Gasteiger partial charge in [0.25, 0.3) is 10.0 Å². The van der Waals surface area contributed by atoms with Crippen molar-refractivity contribution in [3.63, 3.8) is 0 Å². The third-order valence-electron chi connectivity index (χ3n) is 4.87. The zero-order valence-electron chi connectivity index (χ0n) is 17.9. The Morgan fingerprint density at radius 2 is 1.29 bits per heavy atom. The quantitative estimate of drug-likeness (QED) is 0.262. The Morgan fingerprint density at radius 1 is 0.735 bits per heavy atom. The van der Waals surface area contributed by atoms with Gasteiger partial charge in [-0.1, -0.05) is 60.1 Å². The van der Waals surface area contributed by atoms with Gasteiger partial charge >= 0.3 is 0 Å². The van der Waals surface area contributed by atoms with Crippen LogP contribution in [0.1, 0.15) is 10.8 Å². The second kappa shape index (κ2) is 10.8. The molecule has 0 aliphatic heterocycles. The van der Waals surface area contributed by atoms with Crippen LogP contribution in [0.4, 0.5) is 11.4 Å². The summed E-state index contributed by atoms with van der Waals surface area (Å²) >= 11 is 7.32. The predicted molar refractivity (Wildman–Crippen MR) is 139 cm³/mol. The van der Waals surface area contributed by atoms with E-state index in [9.17, 15) is 13.2 Å². The van der Waals surface area contributed by atoms with E-state index in [2.05, 4.69) is 10.0 Å². The van der Waals surface area contributed by atoms with Crippen LogP contribution in [0.2, 0.25) is 5.02 Å². The van der Waals surface area contributed by atoms with E-state index in [0.717, 1.165) is 10.5 Å². The number of anilines is 2. The summed E-state index contributed by atoms with van der Waals surface area (Å²) in [5, 5.41) is 3.02. The lowest BCUT2D eigenvalue weighted by molar-refractivity contribution is -0.115. The number of sulfonamides is 1. The van der Waals surface area contributed by atoms with Gasteiger partial charge in [-0.05, 0) is 66.2 Å². The highest BCUT2D eigenvalue weighted by molar-refractivity contribution is 8.00. The van der Waals surface area contributed by atoms with E-state index in [-0.39, 0.29) is 10.8 Å². The topological polar surface area (TPSA) is 75.3 Å². The molecule has 4 aromatic carbocycles. The van der Waals surface area contributed by atoms with Gasteiger partial charge in [-0.3, -0.25) is 9.52 Å². The maximum atomic E-state index is 13.2. The fourth-order valence-corrected chi connectivity index (χ4v) is 5.42. The van der Waals surface area contributed by atoms with Crippen molar-refractivity contribution in [1.82, 2.24) is 0 Å². The molecule has 1 amide bonds. The van der Waals surface area contributed by atoms with Crippen molar-refractivity contribution >= 4 is 50.7 Å². The molecule has 0 bridgehead atoms. The van der Waals surface area contributed by atoms with E-state index < -0.39 is 15.3 Å². The third-order valence-corrected chi connectivity index (χ3v) is 7.78. The van der Waals surface area contributed by atoms with Crippen LogP contribution in [-0.2, 0) is 14.8 Å². The lowest BCUT2D eigenvalue weighted by atomic mass is 10.1. The molecule has 2 N–H and O–H groups in total. The Morgan fingerprint density at radius 3 is 1.91 bits per heavy atom. The van der Waals surface area contributed by atoms with Crippen LogP contribution < -0.4 is 10.0 Å². The van der Waals surface area contributed by atoms with E-state index >= 15 is 0 Å². The summed E-state index contributed by atoms with van der Waals surface area (Å²) in [7, 11) is -3.67. The number of benzene rings is 4. The van der Waals surface area contributed by atoms with E-state index in [0.29, 0.717) is 16.4 Å². The van der Waals surface area contributed by atoms with Crippen LogP contribution >= 0.6 is 23.4 Å². The Labute approximate surface area is 208 Å². The highest BCUT2D eigenvalue weighted by Crippen LogP contribution is 2.37. The van der Waals surface area contributed by atoms with Crippen molar-refractivity contribution in [2.75, 3.05) is 10.0 Å². The van der Waals surface area contributed by atoms with E-state index in [4.69, 9.17) is 11.6 Å². The molecule has 0 aliphatic carbocycles. The van der Waals surface area contributed by atoms with Crippen LogP contribution in [0, 0.1) is 0 Å². The van der Waals surface area contributed by atoms with Gasteiger partial charge in [-0.2, -0.15) is 0 Å². The largest absolute Gasteiger partial charge is 0.325 e. The molecule has 0 heterocycles. The Bertz CT molecular complexity index is 1350. The molecular weight excluding hydrogens is 488 g/mol. The highest BCUT2D eigenvalue weighted by atomic mass is 35.5. The van der Waals surface area contributed by atoms with E-state index in [1.807, 2.05) is 30.3 Å². The lowest BCUT2D eigenvalue weighted by Gasteiger charge is -2.17. The van der Waals surface area contributed by atoms with Gasteiger partial charge in [0, 0.05) is 21.3 Å². The van der Waals surface area contributed by atoms with Crippen LogP contribution in [0.15, 0.2) is 119 Å². The van der Waals surface area contributed by atoms with Gasteiger partial charge in [0.2, 0.25) is 5.91 Å². The molecule has 0 spiro atoms. The summed E-state index contributed by atoms with van der Waals surface area (Å²) in [5.41, 5.74) is 1.95. The van der Waals surface area contributed by atoms with Gasteiger partial charge in [-0.15, -0.1) is 11.8 Å². The van der Waals surface area contributed by atoms with Gasteiger partial charge in [0.15, 0.2) is 0 Å². The van der Waals surface area contributed by atoms with Gasteiger partial charge < -0.3 is 5.32 Å². The number of amides is 1. The molecule has 0 saturated heterocycles. The van der Waals surface area contributed by atoms with Crippen LogP contribution in [0.3, 0.4) is 0 Å². The van der Waals surface area contributed by atoms with Crippen LogP contribution in [-0.4, -0.2) is 14.3 Å². The van der Waals surface area contributed by atoms with Crippen molar-refractivity contribution in [3.8, 4) is 0 Å². The third kappa shape index (κ3) is 6.20. The fraction of sp³-hybridized carbons (Fsp3) is 0.0385. The van der Waals surface area contributed by atoms with Crippen molar-refractivity contribution in [2.45, 2.75) is 15.0 Å². The van der Waals surface area contributed by atoms with Gasteiger partial charge in [0.05, 0.1) is 4.90 Å². The summed E-state index contributed by atoms with van der Waals surface area (Å²) in [6.07, 6.45) is 0. The number of nitrogens with one attached hydrogen (secondary N) is 2. The van der Waals surface area contributed by atoms with E-state index in [1.54, 1.807) is 66.7 Å². The summed E-state index contributed by atoms with van der Waals surface area (Å²) in [4.78, 5) is 14.2. The number of hydrogen-bond donors (Lipinski definition) is 2. The molecular formula is C26H21ClN2O3S2. The molecule has 0 fully saturated rings. The van der Waals surface area contributed by atoms with Crippen LogP contribution in [0.5, 0.6) is 0 Å². The molecule has 0 radical (unpaired) electrons. The molecule has 34 heavy (non-hydrogen) atoms. The van der Waals surface area contributed by atoms with Crippen molar-refractivity contribution < 1.29 is 13.2 Å². The average molecular weight is 509 g/mol. The SMILES string of the molecule is O=C(Nc1ccc(Cl)cc1)C(Sc1ccc(NS(=O)(=O)c2ccccc2)cc1)c1ccccc1. The monoisotopic (exact) mass is 508 g/mol. The Hall–Kier alpha value is -3.26. The van der Waals surface area contributed by atoms with Gasteiger partial charge in [-0.25, -0.2) is 8.42 Å². The first-order chi connectivity index (χ1) is 16.4. The molecule has 1 unspecified atom stereocenters. The molecule has 1 atom stereocenters. The highest BCUT2D eigenvalue weighted by Gasteiger charge is 2.22. The Balaban J connectivity index is 1.51. The zero-order chi connectivity index (χ0) is 24.0. The van der Waals surface area contributed by atoms with Crippen LogP contribution in [0.25, 0.3) is 0 Å². The zero-order valence-corrected chi connectivity index (χ0v) is 20.3. The van der Waals surface area contributed by atoms with Crippen molar-refractivity contribution in [3.05, 3.63) is 120 Å². The number of carbonyl (C=O) groups is 1. The maximum Gasteiger partial charge on any atom is 0.261 e. The first kappa shape index (κ1) is 23.9. The molecule has 0 saturated carbocycles. The first-order valence-electron chi connectivity index (χ1n) is 10.4. The number of halogens is 1. The second-order valence-corrected chi connectivity index (χ2v) is 10.6. The first-order valence-corrected chi connectivity index (χ1v) is 13.1. The lowest BCUT2D eigenvalue weighted by Crippen LogP contribution is -2.19. The number of hydrogen-bond acceptors (Lipinski definition) is 4. The molecule has 5 nitrogen and oxygen atoms in total. The van der Waals surface area contributed by atoms with Crippen molar-refractivity contribution in [2.24, 2.45) is 0 Å². The predicted octanol–water partition coefficient (Wildman–Crippen LogP) is 6.61. The normalized spacial score (nSPS) is 12.0. The minimum atomic E-state index is -3.67. The smallest absolute Gasteiger partial charge is 0.261 e. The minimum absolute atomic E-state index is 0.174. The molecule has 172 valence electrons. The number of thioether (sulfide) groups is 1. The van der Waals surface area contributed by atoms with E-state index in [1.165, 1.54) is 23.9 Å². The summed E-state index contributed by atoms with van der Waals surface area (Å²) in [5.74, 6) is -0.174. The second-order valence-electron chi connectivity index (χ2n) is 7.35. The average Bonchev–Trinajstić information content (AvgIpc) is 2.86. The number of rotatable bonds is 8. The minimum Gasteiger partial charge on any atom is -0.325 e. The molecule has 4 aromatic rings. The fourth-order valence-electron chi connectivity index (χ4n) is 3.19. The summed E-state index contributed by atoms with van der Waals surface area (Å²) in [6.45, 7) is 0.